The van der Waals surface area contributed by atoms with Crippen LogP contribution in [0.1, 0.15) is 0 Å². The Balaban J connectivity index is 2.50. The van der Waals surface area contributed by atoms with Crippen LogP contribution < -0.4 is 0 Å². The molecular formula is C5H8N2O3S. The fourth-order valence-electron chi connectivity index (χ4n) is 0.918. The van der Waals surface area contributed by atoms with Crippen molar-refractivity contribution in [2.24, 2.45) is 5.18 Å². The highest BCUT2D eigenvalue weighted by Crippen LogP contribution is 2.20. The van der Waals surface area contributed by atoms with E-state index in [2.05, 4.69) is 5.18 Å². The van der Waals surface area contributed by atoms with Crippen molar-refractivity contribution in [2.75, 3.05) is 18.3 Å². The standard InChI is InChI=1S/C5H8N2O3S/c8-5(9)4-1-11-3-7(4)2-6-10/h4H,1-3H2,(H,8,9)/t4-/m0/s1. The number of carboxylic acids is 1. The Kier molecular flexibility index (Phi) is 2.84. The molecular weight excluding hydrogens is 168 g/mol. The molecule has 0 aliphatic carbocycles. The molecule has 0 aromatic heterocycles. The first-order valence-corrected chi connectivity index (χ1v) is 4.25. The molecule has 1 rings (SSSR count). The summed E-state index contributed by atoms with van der Waals surface area (Å²) in [4.78, 5) is 21.9. The topological polar surface area (TPSA) is 70.0 Å². The van der Waals surface area contributed by atoms with Crippen molar-refractivity contribution in [3.05, 3.63) is 4.91 Å². The van der Waals surface area contributed by atoms with Gasteiger partial charge in [0.2, 0.25) is 0 Å². The highest BCUT2D eigenvalue weighted by Gasteiger charge is 2.30. The van der Waals surface area contributed by atoms with Crippen LogP contribution in [0.4, 0.5) is 0 Å². The van der Waals surface area contributed by atoms with Crippen molar-refractivity contribution in [3.63, 3.8) is 0 Å². The quantitative estimate of drug-likeness (QED) is 0.621. The molecule has 6 heteroatoms. The van der Waals surface area contributed by atoms with Crippen LogP contribution in [-0.4, -0.2) is 40.3 Å². The third kappa shape index (κ3) is 1.90. The van der Waals surface area contributed by atoms with E-state index in [0.29, 0.717) is 11.6 Å². The molecule has 1 aliphatic rings. The monoisotopic (exact) mass is 176 g/mol. The Morgan fingerprint density at radius 2 is 2.55 bits per heavy atom. The molecule has 1 fully saturated rings. The summed E-state index contributed by atoms with van der Waals surface area (Å²) in [5, 5.41) is 11.3. The van der Waals surface area contributed by atoms with Crippen molar-refractivity contribution in [1.82, 2.24) is 4.90 Å². The molecule has 1 heterocycles. The van der Waals surface area contributed by atoms with Gasteiger partial charge in [-0.25, -0.2) is 0 Å². The molecule has 0 radical (unpaired) electrons. The summed E-state index contributed by atoms with van der Waals surface area (Å²) in [6.45, 7) is -0.0238. The fraction of sp³-hybridized carbons (Fsp3) is 0.800. The molecule has 0 aromatic carbocycles. The maximum Gasteiger partial charge on any atom is 0.321 e. The Morgan fingerprint density at radius 3 is 3.09 bits per heavy atom. The number of aliphatic carboxylic acids is 1. The van der Waals surface area contributed by atoms with Gasteiger partial charge >= 0.3 is 5.97 Å². The van der Waals surface area contributed by atoms with Crippen LogP contribution in [-0.2, 0) is 4.79 Å². The van der Waals surface area contributed by atoms with E-state index in [4.69, 9.17) is 5.11 Å². The number of carboxylic acid groups (broad SMARTS) is 1. The van der Waals surface area contributed by atoms with Gasteiger partial charge in [0.1, 0.15) is 12.7 Å². The number of hydrogen-bond donors (Lipinski definition) is 1. The summed E-state index contributed by atoms with van der Waals surface area (Å²) in [5.74, 6) is 0.256. The number of nitroso groups, excluding NO2 is 1. The molecule has 0 unspecified atom stereocenters. The molecule has 1 aliphatic heterocycles. The van der Waals surface area contributed by atoms with Crippen LogP contribution in [0.15, 0.2) is 5.18 Å². The number of nitrogens with zero attached hydrogens (tertiary/aromatic N) is 2. The van der Waals surface area contributed by atoms with Crippen molar-refractivity contribution in [3.8, 4) is 0 Å². The van der Waals surface area contributed by atoms with E-state index in [-0.39, 0.29) is 6.67 Å². The van der Waals surface area contributed by atoms with Gasteiger partial charge in [-0.2, -0.15) is 0 Å². The smallest absolute Gasteiger partial charge is 0.321 e. The molecule has 11 heavy (non-hydrogen) atoms. The molecule has 1 saturated heterocycles. The summed E-state index contributed by atoms with van der Waals surface area (Å²) >= 11 is 1.50. The Hall–Kier alpha value is -0.620. The summed E-state index contributed by atoms with van der Waals surface area (Å²) in [5.41, 5.74) is 0. The molecule has 0 amide bonds. The predicted molar refractivity (Wildman–Crippen MR) is 41.2 cm³/mol. The Morgan fingerprint density at radius 1 is 1.82 bits per heavy atom. The molecule has 1 N–H and O–H groups in total. The van der Waals surface area contributed by atoms with Gasteiger partial charge < -0.3 is 5.11 Å². The number of rotatable bonds is 3. The summed E-state index contributed by atoms with van der Waals surface area (Å²) in [7, 11) is 0. The van der Waals surface area contributed by atoms with Gasteiger partial charge in [-0.1, -0.05) is 5.18 Å². The summed E-state index contributed by atoms with van der Waals surface area (Å²) < 4.78 is 0. The molecule has 0 saturated carbocycles. The van der Waals surface area contributed by atoms with Gasteiger partial charge in [0.05, 0.1) is 0 Å². The third-order valence-corrected chi connectivity index (χ3v) is 2.56. The lowest BCUT2D eigenvalue weighted by Gasteiger charge is -2.14. The zero-order valence-corrected chi connectivity index (χ0v) is 6.58. The first-order chi connectivity index (χ1) is 5.25. The van der Waals surface area contributed by atoms with Crippen LogP contribution in [0.2, 0.25) is 0 Å². The second-order valence-corrected chi connectivity index (χ2v) is 3.21. The highest BCUT2D eigenvalue weighted by molar-refractivity contribution is 7.99. The summed E-state index contributed by atoms with van der Waals surface area (Å²) in [6.07, 6.45) is 0. The van der Waals surface area contributed by atoms with Crippen LogP contribution in [0, 0.1) is 4.91 Å². The van der Waals surface area contributed by atoms with E-state index < -0.39 is 12.0 Å². The largest absolute Gasteiger partial charge is 0.480 e. The molecule has 1 atom stereocenters. The summed E-state index contributed by atoms with van der Waals surface area (Å²) in [6, 6.07) is -0.530. The first kappa shape index (κ1) is 8.48. The number of hydrogen-bond acceptors (Lipinski definition) is 5. The normalized spacial score (nSPS) is 25.3. The SMILES string of the molecule is O=NCN1CSC[C@H]1C(=O)O. The second kappa shape index (κ2) is 3.68. The Bertz CT molecular complexity index is 175. The van der Waals surface area contributed by atoms with Crippen molar-refractivity contribution in [1.29, 1.82) is 0 Å². The molecule has 62 valence electrons. The number of thioether (sulfide) groups is 1. The van der Waals surface area contributed by atoms with E-state index in [9.17, 15) is 9.70 Å². The van der Waals surface area contributed by atoms with Gasteiger partial charge in [-0.3, -0.25) is 9.69 Å². The Labute approximate surface area is 67.7 Å². The van der Waals surface area contributed by atoms with Crippen LogP contribution in [0.25, 0.3) is 0 Å². The van der Waals surface area contributed by atoms with Gasteiger partial charge in [0.15, 0.2) is 0 Å². The second-order valence-electron chi connectivity index (χ2n) is 2.21. The molecule has 0 spiro atoms. The zero-order valence-electron chi connectivity index (χ0n) is 5.77. The van der Waals surface area contributed by atoms with Crippen molar-refractivity contribution >= 4 is 17.7 Å². The van der Waals surface area contributed by atoms with E-state index in [1.165, 1.54) is 11.8 Å². The van der Waals surface area contributed by atoms with E-state index >= 15 is 0 Å². The minimum atomic E-state index is -0.876. The molecule has 0 aromatic rings. The number of carbonyl (C=O) groups is 1. The predicted octanol–water partition coefficient (Wildman–Crippen LogP) is 0.170. The van der Waals surface area contributed by atoms with E-state index in [0.717, 1.165) is 0 Å². The minimum Gasteiger partial charge on any atom is -0.480 e. The minimum absolute atomic E-state index is 0.0238. The van der Waals surface area contributed by atoms with E-state index in [1.807, 2.05) is 0 Å². The highest BCUT2D eigenvalue weighted by atomic mass is 32.2. The van der Waals surface area contributed by atoms with Gasteiger partial charge in [-0.05, 0) is 0 Å². The lowest BCUT2D eigenvalue weighted by atomic mass is 10.3. The first-order valence-electron chi connectivity index (χ1n) is 3.09. The lowest BCUT2D eigenvalue weighted by molar-refractivity contribution is -0.141. The van der Waals surface area contributed by atoms with Crippen molar-refractivity contribution in [2.45, 2.75) is 6.04 Å². The third-order valence-electron chi connectivity index (χ3n) is 1.50. The van der Waals surface area contributed by atoms with Crippen LogP contribution in [0.3, 0.4) is 0 Å². The average Bonchev–Trinajstić information content (AvgIpc) is 2.36. The molecule has 5 nitrogen and oxygen atoms in total. The zero-order chi connectivity index (χ0) is 8.27. The fourth-order valence-corrected chi connectivity index (χ4v) is 2.10. The average molecular weight is 176 g/mol. The maximum absolute atomic E-state index is 10.5. The van der Waals surface area contributed by atoms with E-state index in [1.54, 1.807) is 4.90 Å². The van der Waals surface area contributed by atoms with Crippen LogP contribution in [0.5, 0.6) is 0 Å². The molecule has 0 bridgehead atoms. The van der Waals surface area contributed by atoms with Gasteiger partial charge in [0.25, 0.3) is 0 Å². The van der Waals surface area contributed by atoms with Gasteiger partial charge in [0, 0.05) is 11.6 Å². The van der Waals surface area contributed by atoms with Crippen molar-refractivity contribution < 1.29 is 9.90 Å². The van der Waals surface area contributed by atoms with Crippen LogP contribution >= 0.6 is 11.8 Å². The maximum atomic E-state index is 10.5. The lowest BCUT2D eigenvalue weighted by Crippen LogP contribution is -2.37. The van der Waals surface area contributed by atoms with Gasteiger partial charge in [-0.15, -0.1) is 16.7 Å².